The molecule has 102 valence electrons. The molecule has 0 aliphatic carbocycles. The van der Waals surface area contributed by atoms with Gasteiger partial charge in [0.1, 0.15) is 5.69 Å². The van der Waals surface area contributed by atoms with Crippen molar-refractivity contribution in [1.29, 1.82) is 0 Å². The van der Waals surface area contributed by atoms with Crippen molar-refractivity contribution in [2.75, 3.05) is 11.9 Å². The Morgan fingerprint density at radius 2 is 2.17 bits per heavy atom. The molecule has 3 N–H and O–H groups in total. The van der Waals surface area contributed by atoms with Crippen LogP contribution in [-0.4, -0.2) is 29.1 Å². The Labute approximate surface area is 112 Å². The summed E-state index contributed by atoms with van der Waals surface area (Å²) in [6.45, 7) is 3.63. The minimum absolute atomic E-state index is 0. The highest BCUT2D eigenvalue weighted by Gasteiger charge is 2.15. The van der Waals surface area contributed by atoms with Crippen molar-refractivity contribution in [2.45, 2.75) is 19.9 Å². The van der Waals surface area contributed by atoms with Gasteiger partial charge in [0, 0.05) is 13.2 Å². The third kappa shape index (κ3) is 4.05. The molecular formula is C11H18ClN3O3. The third-order valence-corrected chi connectivity index (χ3v) is 2.17. The minimum Gasteiger partial charge on any atom is -0.461 e. The first-order valence-corrected chi connectivity index (χ1v) is 5.35. The second kappa shape index (κ2) is 7.03. The average Bonchev–Trinajstić information content (AvgIpc) is 2.59. The van der Waals surface area contributed by atoms with Gasteiger partial charge in [-0.1, -0.05) is 0 Å². The smallest absolute Gasteiger partial charge is 0.355 e. The van der Waals surface area contributed by atoms with Crippen LogP contribution in [0.5, 0.6) is 0 Å². The summed E-state index contributed by atoms with van der Waals surface area (Å²) in [5, 5.41) is 2.61. The first kappa shape index (κ1) is 16.5. The molecule has 18 heavy (non-hydrogen) atoms. The molecule has 7 heteroatoms. The molecule has 1 heterocycles. The molecule has 1 atom stereocenters. The van der Waals surface area contributed by atoms with Gasteiger partial charge in [-0.15, -0.1) is 12.4 Å². The van der Waals surface area contributed by atoms with Crippen molar-refractivity contribution in [2.24, 2.45) is 12.8 Å². The number of hydrogen-bond acceptors (Lipinski definition) is 4. The summed E-state index contributed by atoms with van der Waals surface area (Å²) in [6.07, 6.45) is 1.63. The van der Waals surface area contributed by atoms with E-state index in [4.69, 9.17) is 10.5 Å². The molecule has 1 rings (SSSR count). The first-order chi connectivity index (χ1) is 7.95. The normalized spacial score (nSPS) is 11.3. The summed E-state index contributed by atoms with van der Waals surface area (Å²) in [6, 6.07) is 0.958. The van der Waals surface area contributed by atoms with Crippen LogP contribution >= 0.6 is 12.4 Å². The third-order valence-electron chi connectivity index (χ3n) is 2.17. The zero-order valence-corrected chi connectivity index (χ0v) is 11.4. The number of nitrogens with one attached hydrogen (secondary N) is 1. The molecular weight excluding hydrogens is 258 g/mol. The van der Waals surface area contributed by atoms with E-state index in [0.717, 1.165) is 0 Å². The number of amides is 1. The van der Waals surface area contributed by atoms with Gasteiger partial charge in [0.2, 0.25) is 5.91 Å². The summed E-state index contributed by atoms with van der Waals surface area (Å²) in [7, 11) is 1.70. The second-order valence-corrected chi connectivity index (χ2v) is 3.72. The number of rotatable bonds is 4. The number of hydrogen-bond donors (Lipinski definition) is 2. The topological polar surface area (TPSA) is 86.3 Å². The van der Waals surface area contributed by atoms with Gasteiger partial charge in [0.05, 0.1) is 18.3 Å². The summed E-state index contributed by atoms with van der Waals surface area (Å²) < 4.78 is 6.47. The zero-order valence-electron chi connectivity index (χ0n) is 10.6. The molecule has 0 aliphatic heterocycles. The molecule has 1 aromatic rings. The Kier molecular flexibility index (Phi) is 6.43. The first-order valence-electron chi connectivity index (χ1n) is 5.35. The van der Waals surface area contributed by atoms with Gasteiger partial charge in [-0.3, -0.25) is 4.79 Å². The lowest BCUT2D eigenvalue weighted by molar-refractivity contribution is -0.117. The number of nitrogens with two attached hydrogens (primary N) is 1. The summed E-state index contributed by atoms with van der Waals surface area (Å²) >= 11 is 0. The van der Waals surface area contributed by atoms with Crippen LogP contribution in [0.25, 0.3) is 0 Å². The minimum atomic E-state index is -0.596. The van der Waals surface area contributed by atoms with E-state index >= 15 is 0 Å². The molecule has 0 radical (unpaired) electrons. The molecule has 1 amide bonds. The van der Waals surface area contributed by atoms with E-state index in [2.05, 4.69) is 5.32 Å². The molecule has 0 unspecified atom stereocenters. The fourth-order valence-electron chi connectivity index (χ4n) is 1.30. The fraction of sp³-hybridized carbons (Fsp3) is 0.455. The lowest BCUT2D eigenvalue weighted by Gasteiger charge is -2.04. The highest BCUT2D eigenvalue weighted by molar-refractivity contribution is 5.96. The molecule has 6 nitrogen and oxygen atoms in total. The van der Waals surface area contributed by atoms with Crippen LogP contribution < -0.4 is 11.1 Å². The predicted molar refractivity (Wildman–Crippen MR) is 70.9 cm³/mol. The molecule has 0 saturated carbocycles. The van der Waals surface area contributed by atoms with Crippen molar-refractivity contribution in [3.05, 3.63) is 18.0 Å². The van der Waals surface area contributed by atoms with Crippen LogP contribution in [0.4, 0.5) is 5.69 Å². The standard InChI is InChI=1S/C11H17N3O3.ClH/c1-4-17-11(16)9-5-8(6-14(9)3)13-10(15)7(2)12;/h5-7H,4,12H2,1-3H3,(H,13,15);1H/t7-;/m1./s1. The van der Waals surface area contributed by atoms with E-state index in [1.807, 2.05) is 0 Å². The van der Waals surface area contributed by atoms with Gasteiger partial charge in [-0.2, -0.15) is 0 Å². The number of ether oxygens (including phenoxy) is 1. The highest BCUT2D eigenvalue weighted by Crippen LogP contribution is 2.14. The van der Waals surface area contributed by atoms with Gasteiger partial charge in [-0.05, 0) is 19.9 Å². The molecule has 1 aromatic heterocycles. The zero-order chi connectivity index (χ0) is 13.0. The van der Waals surface area contributed by atoms with E-state index < -0.39 is 12.0 Å². The van der Waals surface area contributed by atoms with Crippen LogP contribution in [0.2, 0.25) is 0 Å². The number of carbonyl (C=O) groups is 2. The van der Waals surface area contributed by atoms with E-state index in [-0.39, 0.29) is 18.3 Å². The molecule has 0 fully saturated rings. The molecule has 0 bridgehead atoms. The lowest BCUT2D eigenvalue weighted by atomic mass is 10.3. The quantitative estimate of drug-likeness (QED) is 0.800. The van der Waals surface area contributed by atoms with Crippen LogP contribution in [0.1, 0.15) is 24.3 Å². The SMILES string of the molecule is CCOC(=O)c1cc(NC(=O)[C@@H](C)N)cn1C.Cl. The van der Waals surface area contributed by atoms with Crippen LogP contribution in [0.15, 0.2) is 12.3 Å². The van der Waals surface area contributed by atoms with Gasteiger partial charge in [0.15, 0.2) is 0 Å². The number of aromatic nitrogens is 1. The Bertz CT molecular complexity index is 429. The average molecular weight is 276 g/mol. The molecule has 0 saturated heterocycles. The summed E-state index contributed by atoms with van der Waals surface area (Å²) in [5.74, 6) is -0.720. The Balaban J connectivity index is 0.00000289. The number of carbonyl (C=O) groups excluding carboxylic acids is 2. The second-order valence-electron chi connectivity index (χ2n) is 3.72. The number of esters is 1. The Hall–Kier alpha value is -1.53. The van der Waals surface area contributed by atoms with E-state index in [0.29, 0.717) is 18.0 Å². The van der Waals surface area contributed by atoms with Crippen molar-refractivity contribution in [3.8, 4) is 0 Å². The largest absolute Gasteiger partial charge is 0.461 e. The van der Waals surface area contributed by atoms with Crippen molar-refractivity contribution in [3.63, 3.8) is 0 Å². The van der Waals surface area contributed by atoms with Crippen molar-refractivity contribution < 1.29 is 14.3 Å². The van der Waals surface area contributed by atoms with E-state index in [1.165, 1.54) is 0 Å². The summed E-state index contributed by atoms with van der Waals surface area (Å²) in [5.41, 5.74) is 6.33. The number of aryl methyl sites for hydroxylation is 1. The predicted octanol–water partition coefficient (Wildman–Crippen LogP) is 0.909. The van der Waals surface area contributed by atoms with E-state index in [1.54, 1.807) is 37.7 Å². The summed E-state index contributed by atoms with van der Waals surface area (Å²) in [4.78, 5) is 22.9. The fourth-order valence-corrected chi connectivity index (χ4v) is 1.30. The van der Waals surface area contributed by atoms with E-state index in [9.17, 15) is 9.59 Å². The van der Waals surface area contributed by atoms with Gasteiger partial charge >= 0.3 is 5.97 Å². The maximum Gasteiger partial charge on any atom is 0.355 e. The van der Waals surface area contributed by atoms with Crippen LogP contribution in [-0.2, 0) is 16.6 Å². The number of anilines is 1. The van der Waals surface area contributed by atoms with Gasteiger partial charge in [0.25, 0.3) is 0 Å². The number of halogens is 1. The molecule has 0 aromatic carbocycles. The molecule has 0 aliphatic rings. The number of nitrogens with zero attached hydrogens (tertiary/aromatic N) is 1. The van der Waals surface area contributed by atoms with Gasteiger partial charge < -0.3 is 20.4 Å². The lowest BCUT2D eigenvalue weighted by Crippen LogP contribution is -2.32. The molecule has 0 spiro atoms. The Morgan fingerprint density at radius 3 is 2.67 bits per heavy atom. The van der Waals surface area contributed by atoms with Gasteiger partial charge in [-0.25, -0.2) is 4.79 Å². The van der Waals surface area contributed by atoms with Crippen LogP contribution in [0.3, 0.4) is 0 Å². The Morgan fingerprint density at radius 1 is 1.56 bits per heavy atom. The monoisotopic (exact) mass is 275 g/mol. The maximum atomic E-state index is 11.5. The highest BCUT2D eigenvalue weighted by atomic mass is 35.5. The maximum absolute atomic E-state index is 11.5. The van der Waals surface area contributed by atoms with Crippen molar-refractivity contribution >= 4 is 30.0 Å². The van der Waals surface area contributed by atoms with Crippen molar-refractivity contribution in [1.82, 2.24) is 4.57 Å². The van der Waals surface area contributed by atoms with Crippen LogP contribution in [0, 0.1) is 0 Å².